The smallest absolute Gasteiger partial charge is 0.257 e. The van der Waals surface area contributed by atoms with Crippen molar-refractivity contribution < 1.29 is 0 Å². The number of imidazole rings is 2. The van der Waals surface area contributed by atoms with Crippen LogP contribution >= 0.6 is 0 Å². The van der Waals surface area contributed by atoms with Gasteiger partial charge in [0.2, 0.25) is 0 Å². The summed E-state index contributed by atoms with van der Waals surface area (Å²) in [5.74, 6) is 0. The molecule has 4 heterocycles. The Labute approximate surface area is 132 Å². The molecule has 0 aromatic carbocycles. The molecule has 0 aliphatic heterocycles. The van der Waals surface area contributed by atoms with E-state index in [1.807, 2.05) is 52.4 Å². The van der Waals surface area contributed by atoms with Crippen molar-refractivity contribution in [3.63, 3.8) is 0 Å². The Bertz CT molecular complexity index is 1040. The van der Waals surface area contributed by atoms with Crippen LogP contribution in [-0.4, -0.2) is 23.9 Å². The number of H-pyrrole nitrogens is 1. The number of fused-ring (bicyclic) bond motifs is 1. The molecule has 6 nitrogen and oxygen atoms in total. The Balaban J connectivity index is 1.74. The minimum Gasteiger partial charge on any atom is -0.329 e. The maximum absolute atomic E-state index is 12.5. The highest BCUT2D eigenvalue weighted by molar-refractivity contribution is 5.62. The zero-order chi connectivity index (χ0) is 15.8. The lowest BCUT2D eigenvalue weighted by Gasteiger charge is -2.06. The molecule has 0 atom stereocenters. The molecule has 114 valence electrons. The average molecular weight is 305 g/mol. The second kappa shape index (κ2) is 5.24. The number of aryl methyl sites for hydroxylation is 1. The van der Waals surface area contributed by atoms with Crippen LogP contribution in [0.15, 0.2) is 60.0 Å². The first-order valence-electron chi connectivity index (χ1n) is 7.34. The number of hydrogen-bond acceptors (Lipinski definition) is 3. The molecule has 4 aromatic rings. The SMILES string of the molecule is Cc1cncn1Cc1ccc(-c2cnc3ccccn23)c(=O)[nH]1. The van der Waals surface area contributed by atoms with Crippen LogP contribution in [0.4, 0.5) is 0 Å². The highest BCUT2D eigenvalue weighted by Gasteiger charge is 2.10. The van der Waals surface area contributed by atoms with E-state index in [2.05, 4.69) is 15.0 Å². The molecule has 0 radical (unpaired) electrons. The van der Waals surface area contributed by atoms with Crippen LogP contribution in [0.1, 0.15) is 11.4 Å². The van der Waals surface area contributed by atoms with E-state index in [0.717, 1.165) is 22.7 Å². The van der Waals surface area contributed by atoms with Crippen molar-refractivity contribution in [2.24, 2.45) is 0 Å². The van der Waals surface area contributed by atoms with Crippen molar-refractivity contribution in [3.8, 4) is 11.3 Å². The summed E-state index contributed by atoms with van der Waals surface area (Å²) in [5.41, 5.74) is 3.98. The number of rotatable bonds is 3. The predicted molar refractivity (Wildman–Crippen MR) is 87.3 cm³/mol. The molecule has 4 aromatic heterocycles. The van der Waals surface area contributed by atoms with Gasteiger partial charge in [-0.3, -0.25) is 9.20 Å². The van der Waals surface area contributed by atoms with Crippen molar-refractivity contribution in [1.29, 1.82) is 0 Å². The van der Waals surface area contributed by atoms with Gasteiger partial charge in [-0.1, -0.05) is 6.07 Å². The molecule has 0 aliphatic rings. The number of hydrogen-bond donors (Lipinski definition) is 1. The Kier molecular flexibility index (Phi) is 3.08. The second-order valence-corrected chi connectivity index (χ2v) is 5.46. The lowest BCUT2D eigenvalue weighted by molar-refractivity contribution is 0.746. The van der Waals surface area contributed by atoms with Crippen LogP contribution in [0, 0.1) is 6.92 Å². The van der Waals surface area contributed by atoms with Crippen molar-refractivity contribution in [1.82, 2.24) is 23.9 Å². The third-order valence-electron chi connectivity index (χ3n) is 3.92. The van der Waals surface area contributed by atoms with E-state index in [4.69, 9.17) is 0 Å². The van der Waals surface area contributed by atoms with Gasteiger partial charge >= 0.3 is 0 Å². The quantitative estimate of drug-likeness (QED) is 0.631. The Morgan fingerprint density at radius 3 is 2.87 bits per heavy atom. The summed E-state index contributed by atoms with van der Waals surface area (Å²) in [5, 5.41) is 0. The highest BCUT2D eigenvalue weighted by atomic mass is 16.1. The van der Waals surface area contributed by atoms with Crippen LogP contribution in [0.25, 0.3) is 16.9 Å². The fourth-order valence-corrected chi connectivity index (χ4v) is 2.68. The molecule has 0 saturated heterocycles. The molecule has 6 heteroatoms. The summed E-state index contributed by atoms with van der Waals surface area (Å²) in [6.07, 6.45) is 7.18. The lowest BCUT2D eigenvalue weighted by Crippen LogP contribution is -2.14. The molecule has 0 fully saturated rings. The van der Waals surface area contributed by atoms with E-state index in [9.17, 15) is 4.79 Å². The van der Waals surface area contributed by atoms with Crippen LogP contribution in [0.2, 0.25) is 0 Å². The second-order valence-electron chi connectivity index (χ2n) is 5.46. The van der Waals surface area contributed by atoms with Crippen LogP contribution in [0.3, 0.4) is 0 Å². The molecular formula is C17H15N5O. The molecular weight excluding hydrogens is 290 g/mol. The van der Waals surface area contributed by atoms with Crippen LogP contribution < -0.4 is 5.56 Å². The minimum atomic E-state index is -0.120. The fraction of sp³-hybridized carbons (Fsp3) is 0.118. The number of aromatic nitrogens is 5. The maximum Gasteiger partial charge on any atom is 0.257 e. The maximum atomic E-state index is 12.5. The topological polar surface area (TPSA) is 68.0 Å². The fourth-order valence-electron chi connectivity index (χ4n) is 2.68. The van der Waals surface area contributed by atoms with Gasteiger partial charge in [0.05, 0.1) is 30.3 Å². The highest BCUT2D eigenvalue weighted by Crippen LogP contribution is 2.17. The molecule has 0 aliphatic carbocycles. The number of aromatic amines is 1. The molecule has 0 spiro atoms. The Hall–Kier alpha value is -3.15. The van der Waals surface area contributed by atoms with E-state index in [-0.39, 0.29) is 5.56 Å². The number of nitrogens with zero attached hydrogens (tertiary/aromatic N) is 4. The standard InChI is InChI=1S/C17H15N5O/c1-12-8-18-11-21(12)10-13-5-6-14(17(23)20-13)15-9-19-16-4-2-3-7-22(15)16/h2-9,11H,10H2,1H3,(H,20,23). The third kappa shape index (κ3) is 2.34. The van der Waals surface area contributed by atoms with E-state index in [0.29, 0.717) is 12.1 Å². The van der Waals surface area contributed by atoms with Gasteiger partial charge in [-0.15, -0.1) is 0 Å². The molecule has 23 heavy (non-hydrogen) atoms. The summed E-state index contributed by atoms with van der Waals surface area (Å²) in [6.45, 7) is 2.58. The molecule has 0 bridgehead atoms. The van der Waals surface area contributed by atoms with Crippen molar-refractivity contribution >= 4 is 5.65 Å². The summed E-state index contributed by atoms with van der Waals surface area (Å²) in [6, 6.07) is 9.53. The largest absolute Gasteiger partial charge is 0.329 e. The van der Waals surface area contributed by atoms with Gasteiger partial charge in [-0.05, 0) is 31.2 Å². The van der Waals surface area contributed by atoms with Gasteiger partial charge in [0.1, 0.15) is 5.65 Å². The molecule has 4 rings (SSSR count). The molecule has 0 amide bonds. The monoisotopic (exact) mass is 305 g/mol. The Morgan fingerprint density at radius 1 is 1.17 bits per heavy atom. The van der Waals surface area contributed by atoms with Gasteiger partial charge in [0.25, 0.3) is 5.56 Å². The summed E-state index contributed by atoms with van der Waals surface area (Å²) in [7, 11) is 0. The molecule has 1 N–H and O–H groups in total. The van der Waals surface area contributed by atoms with E-state index in [1.165, 1.54) is 0 Å². The van der Waals surface area contributed by atoms with Gasteiger partial charge in [0, 0.05) is 23.8 Å². The minimum absolute atomic E-state index is 0.120. The van der Waals surface area contributed by atoms with E-state index < -0.39 is 0 Å². The van der Waals surface area contributed by atoms with Crippen molar-refractivity contribution in [2.45, 2.75) is 13.5 Å². The number of nitrogens with one attached hydrogen (secondary N) is 1. The predicted octanol–water partition coefficient (Wildman–Crippen LogP) is 2.24. The van der Waals surface area contributed by atoms with E-state index >= 15 is 0 Å². The van der Waals surface area contributed by atoms with Crippen LogP contribution in [-0.2, 0) is 6.54 Å². The van der Waals surface area contributed by atoms with Crippen molar-refractivity contribution in [3.05, 3.63) is 77.0 Å². The third-order valence-corrected chi connectivity index (χ3v) is 3.92. The van der Waals surface area contributed by atoms with Crippen molar-refractivity contribution in [2.75, 3.05) is 0 Å². The molecule has 0 unspecified atom stereocenters. The summed E-state index contributed by atoms with van der Waals surface area (Å²) >= 11 is 0. The average Bonchev–Trinajstić information content (AvgIpc) is 3.15. The lowest BCUT2D eigenvalue weighted by atomic mass is 10.2. The summed E-state index contributed by atoms with van der Waals surface area (Å²) < 4.78 is 3.89. The zero-order valence-electron chi connectivity index (χ0n) is 12.6. The van der Waals surface area contributed by atoms with Gasteiger partial charge in [-0.25, -0.2) is 9.97 Å². The molecule has 0 saturated carbocycles. The van der Waals surface area contributed by atoms with Crippen LogP contribution in [0.5, 0.6) is 0 Å². The first-order valence-corrected chi connectivity index (χ1v) is 7.34. The van der Waals surface area contributed by atoms with E-state index in [1.54, 1.807) is 18.7 Å². The number of pyridine rings is 2. The van der Waals surface area contributed by atoms with Gasteiger partial charge < -0.3 is 9.55 Å². The Morgan fingerprint density at radius 2 is 2.09 bits per heavy atom. The first-order chi connectivity index (χ1) is 11.2. The normalized spacial score (nSPS) is 11.2. The zero-order valence-corrected chi connectivity index (χ0v) is 12.6. The summed E-state index contributed by atoms with van der Waals surface area (Å²) in [4.78, 5) is 23.8. The van der Waals surface area contributed by atoms with Gasteiger partial charge in [0.15, 0.2) is 0 Å². The first kappa shape index (κ1) is 13.5. The van der Waals surface area contributed by atoms with Gasteiger partial charge in [-0.2, -0.15) is 0 Å².